The van der Waals surface area contributed by atoms with Crippen LogP contribution in [0.4, 0.5) is 11.4 Å². The average Bonchev–Trinajstić information content (AvgIpc) is 2.88. The van der Waals surface area contributed by atoms with Crippen LogP contribution in [0.5, 0.6) is 0 Å². The Kier molecular flexibility index (Phi) is 3.45. The molecule has 0 saturated heterocycles. The van der Waals surface area contributed by atoms with E-state index in [1.165, 1.54) is 24.4 Å². The fourth-order valence-corrected chi connectivity index (χ4v) is 3.25. The zero-order chi connectivity index (χ0) is 16.6. The number of nitrogens with zero attached hydrogens (tertiary/aromatic N) is 3. The smallest absolute Gasteiger partial charge is 0.289 e. The number of hydrogen-bond acceptors (Lipinski definition) is 7. The summed E-state index contributed by atoms with van der Waals surface area (Å²) in [5.41, 5.74) is 0.479. The van der Waals surface area contributed by atoms with E-state index in [1.807, 2.05) is 0 Å². The standard InChI is InChI=1S/C13H10N4O5S/c1-8-10-6-9(7-14-13(10)22-15-8)16-23(20,21)12-5-3-2-4-11(12)17(18)19/h2-7,16H,1H3. The van der Waals surface area contributed by atoms with E-state index in [9.17, 15) is 18.5 Å². The number of aryl methyl sites for hydroxylation is 1. The fraction of sp³-hybridized carbons (Fsp3) is 0.0769. The monoisotopic (exact) mass is 334 g/mol. The molecule has 0 aliphatic carbocycles. The van der Waals surface area contributed by atoms with Crippen molar-refractivity contribution in [1.29, 1.82) is 0 Å². The normalized spacial score (nSPS) is 11.5. The van der Waals surface area contributed by atoms with Gasteiger partial charge < -0.3 is 4.52 Å². The lowest BCUT2D eigenvalue weighted by Crippen LogP contribution is -2.14. The zero-order valence-corrected chi connectivity index (χ0v) is 12.6. The maximum absolute atomic E-state index is 12.4. The second-order valence-corrected chi connectivity index (χ2v) is 6.33. The lowest BCUT2D eigenvalue weighted by molar-refractivity contribution is -0.387. The van der Waals surface area contributed by atoms with Crippen LogP contribution in [0.2, 0.25) is 0 Å². The van der Waals surface area contributed by atoms with Crippen LogP contribution in [0.25, 0.3) is 11.1 Å². The van der Waals surface area contributed by atoms with Crippen LogP contribution in [-0.2, 0) is 10.0 Å². The Hall–Kier alpha value is -3.01. The maximum atomic E-state index is 12.4. The predicted octanol–water partition coefficient (Wildman–Crippen LogP) is 2.24. The van der Waals surface area contributed by atoms with Crippen molar-refractivity contribution in [2.75, 3.05) is 4.72 Å². The highest BCUT2D eigenvalue weighted by Gasteiger charge is 2.25. The molecule has 0 aliphatic rings. The van der Waals surface area contributed by atoms with Crippen LogP contribution in [0.15, 0.2) is 45.9 Å². The molecule has 118 valence electrons. The lowest BCUT2D eigenvalue weighted by Gasteiger charge is -2.08. The first-order valence-electron chi connectivity index (χ1n) is 6.37. The number of pyridine rings is 1. The summed E-state index contributed by atoms with van der Waals surface area (Å²) < 4.78 is 32.0. The minimum Gasteiger partial charge on any atom is -0.336 e. The molecule has 0 unspecified atom stereocenters. The summed E-state index contributed by atoms with van der Waals surface area (Å²) in [5.74, 6) is 0. The SMILES string of the molecule is Cc1noc2ncc(NS(=O)(=O)c3ccccc3[N+](=O)[O-])cc12. The molecule has 0 amide bonds. The van der Waals surface area contributed by atoms with E-state index in [0.29, 0.717) is 11.1 Å². The molecule has 1 aromatic carbocycles. The van der Waals surface area contributed by atoms with Gasteiger partial charge in [-0.25, -0.2) is 13.4 Å². The highest BCUT2D eigenvalue weighted by Crippen LogP contribution is 2.26. The van der Waals surface area contributed by atoms with Gasteiger partial charge in [0.25, 0.3) is 21.4 Å². The second-order valence-electron chi connectivity index (χ2n) is 4.68. The van der Waals surface area contributed by atoms with Crippen LogP contribution in [0.1, 0.15) is 5.69 Å². The van der Waals surface area contributed by atoms with E-state index in [4.69, 9.17) is 4.52 Å². The van der Waals surface area contributed by atoms with E-state index >= 15 is 0 Å². The van der Waals surface area contributed by atoms with E-state index in [0.717, 1.165) is 12.1 Å². The van der Waals surface area contributed by atoms with E-state index in [1.54, 1.807) is 6.92 Å². The van der Waals surface area contributed by atoms with E-state index < -0.39 is 25.5 Å². The van der Waals surface area contributed by atoms with Crippen molar-refractivity contribution < 1.29 is 17.9 Å². The molecule has 3 aromatic rings. The first kappa shape index (κ1) is 14.9. The van der Waals surface area contributed by atoms with Crippen molar-refractivity contribution in [2.45, 2.75) is 11.8 Å². The minimum absolute atomic E-state index is 0.155. The molecule has 0 fully saturated rings. The van der Waals surface area contributed by atoms with Gasteiger partial charge in [0.05, 0.1) is 27.9 Å². The van der Waals surface area contributed by atoms with Gasteiger partial charge >= 0.3 is 0 Å². The predicted molar refractivity (Wildman–Crippen MR) is 80.4 cm³/mol. The van der Waals surface area contributed by atoms with E-state index in [2.05, 4.69) is 14.9 Å². The third-order valence-corrected chi connectivity index (χ3v) is 4.54. The van der Waals surface area contributed by atoms with Gasteiger partial charge in [0.15, 0.2) is 4.90 Å². The number of hydrogen-bond donors (Lipinski definition) is 1. The summed E-state index contributed by atoms with van der Waals surface area (Å²) in [6, 6.07) is 6.59. The maximum Gasteiger partial charge on any atom is 0.289 e. The third kappa shape index (κ3) is 2.71. The molecule has 0 aliphatic heterocycles. The second kappa shape index (κ2) is 5.32. The number of rotatable bonds is 4. The van der Waals surface area contributed by atoms with Crippen molar-refractivity contribution in [1.82, 2.24) is 10.1 Å². The summed E-state index contributed by atoms with van der Waals surface area (Å²) in [5, 5.41) is 15.3. The average molecular weight is 334 g/mol. The van der Waals surface area contributed by atoms with Crippen molar-refractivity contribution in [3.63, 3.8) is 0 Å². The Labute approximate surface area is 130 Å². The number of anilines is 1. The number of benzene rings is 1. The molecule has 0 saturated carbocycles. The quantitative estimate of drug-likeness (QED) is 0.572. The number of sulfonamides is 1. The molecule has 2 heterocycles. The molecule has 0 atom stereocenters. The van der Waals surface area contributed by atoms with Gasteiger partial charge in [0, 0.05) is 6.07 Å². The van der Waals surface area contributed by atoms with Gasteiger partial charge in [-0.3, -0.25) is 14.8 Å². The molecular formula is C13H10N4O5S. The highest BCUT2D eigenvalue weighted by atomic mass is 32.2. The molecule has 9 nitrogen and oxygen atoms in total. The van der Waals surface area contributed by atoms with Crippen LogP contribution in [0.3, 0.4) is 0 Å². The summed E-state index contributed by atoms with van der Waals surface area (Å²) in [6.07, 6.45) is 1.25. The van der Waals surface area contributed by atoms with Gasteiger partial charge in [-0.05, 0) is 19.1 Å². The summed E-state index contributed by atoms with van der Waals surface area (Å²) >= 11 is 0. The Balaban J connectivity index is 2.03. The lowest BCUT2D eigenvalue weighted by atomic mass is 10.3. The number of fused-ring (bicyclic) bond motifs is 1. The third-order valence-electron chi connectivity index (χ3n) is 3.11. The topological polar surface area (TPSA) is 128 Å². The Morgan fingerprint density at radius 2 is 2.04 bits per heavy atom. The van der Waals surface area contributed by atoms with Gasteiger partial charge in [-0.2, -0.15) is 0 Å². The van der Waals surface area contributed by atoms with Crippen LogP contribution in [-0.4, -0.2) is 23.5 Å². The van der Waals surface area contributed by atoms with Crippen LogP contribution < -0.4 is 4.72 Å². The first-order valence-corrected chi connectivity index (χ1v) is 7.85. The summed E-state index contributed by atoms with van der Waals surface area (Å²) in [6.45, 7) is 1.69. The number of nitro groups is 1. The molecule has 1 N–H and O–H groups in total. The Morgan fingerprint density at radius 1 is 1.30 bits per heavy atom. The summed E-state index contributed by atoms with van der Waals surface area (Å²) in [4.78, 5) is 13.8. The number of nitro benzene ring substituents is 1. The highest BCUT2D eigenvalue weighted by molar-refractivity contribution is 7.92. The van der Waals surface area contributed by atoms with Gasteiger partial charge in [-0.1, -0.05) is 17.3 Å². The number of aromatic nitrogens is 2. The molecule has 2 aromatic heterocycles. The van der Waals surface area contributed by atoms with Crippen molar-refractivity contribution in [3.8, 4) is 0 Å². The molecule has 0 radical (unpaired) electrons. The zero-order valence-electron chi connectivity index (χ0n) is 11.8. The van der Waals surface area contributed by atoms with Crippen LogP contribution >= 0.6 is 0 Å². The van der Waals surface area contributed by atoms with Crippen molar-refractivity contribution in [2.24, 2.45) is 0 Å². The molecule has 0 spiro atoms. The Morgan fingerprint density at radius 3 is 2.78 bits per heavy atom. The molecule has 10 heteroatoms. The Bertz CT molecular complexity index is 1010. The van der Waals surface area contributed by atoms with Crippen molar-refractivity contribution in [3.05, 3.63) is 52.3 Å². The number of nitrogens with one attached hydrogen (secondary N) is 1. The van der Waals surface area contributed by atoms with Gasteiger partial charge in [0.2, 0.25) is 0 Å². The van der Waals surface area contributed by atoms with Crippen molar-refractivity contribution >= 4 is 32.5 Å². The summed E-state index contributed by atoms with van der Waals surface area (Å²) in [7, 11) is -4.14. The first-order chi connectivity index (χ1) is 10.9. The van der Waals surface area contributed by atoms with Gasteiger partial charge in [-0.15, -0.1) is 0 Å². The molecule has 23 heavy (non-hydrogen) atoms. The fourth-order valence-electron chi connectivity index (χ4n) is 2.05. The van der Waals surface area contributed by atoms with Crippen LogP contribution in [0, 0.1) is 17.0 Å². The molecule has 0 bridgehead atoms. The molecule has 3 rings (SSSR count). The molecular weight excluding hydrogens is 324 g/mol. The largest absolute Gasteiger partial charge is 0.336 e. The van der Waals surface area contributed by atoms with Gasteiger partial charge in [0.1, 0.15) is 0 Å². The van der Waals surface area contributed by atoms with E-state index in [-0.39, 0.29) is 11.4 Å². The minimum atomic E-state index is -4.14. The number of para-hydroxylation sites is 1.